The zero-order chi connectivity index (χ0) is 23.9. The smallest absolute Gasteiger partial charge is 0.431 e. The molecule has 1 saturated heterocycles. The highest BCUT2D eigenvalue weighted by molar-refractivity contribution is 7.87. The van der Waals surface area contributed by atoms with Crippen LogP contribution >= 0.6 is 0 Å². The van der Waals surface area contributed by atoms with Gasteiger partial charge >= 0.3 is 33.2 Å². The van der Waals surface area contributed by atoms with Gasteiger partial charge in [-0.25, -0.2) is 4.79 Å². The maximum absolute atomic E-state index is 13.4. The lowest BCUT2D eigenvalue weighted by Gasteiger charge is -2.38. The Kier molecular flexibility index (Phi) is 6.93. The summed E-state index contributed by atoms with van der Waals surface area (Å²) in [6.07, 6.45) is -1.14. The summed E-state index contributed by atoms with van der Waals surface area (Å²) in [5, 5.41) is -5.59. The van der Waals surface area contributed by atoms with Crippen LogP contribution in [0.1, 0.15) is 38.5 Å². The van der Waals surface area contributed by atoms with E-state index in [0.717, 1.165) is 12.8 Å². The van der Waals surface area contributed by atoms with Crippen LogP contribution in [0.3, 0.4) is 0 Å². The number of hydrogen-bond donors (Lipinski definition) is 1. The first kappa shape index (κ1) is 24.9. The Bertz CT molecular complexity index is 875. The van der Waals surface area contributed by atoms with E-state index in [0.29, 0.717) is 6.42 Å². The molecular weight excluding hydrogens is 464 g/mol. The van der Waals surface area contributed by atoms with Gasteiger partial charge in [0.05, 0.1) is 12.2 Å². The SMILES string of the molecule is C=C(COCCCCC(F)(F)C(F)(F)S(=O)(=O)O)C(=O)OC1C2CC3CC(=O)OC1C3C2. The minimum absolute atomic E-state index is 0.0466. The number of ether oxygens (including phenoxy) is 3. The molecule has 0 spiro atoms. The fourth-order valence-corrected chi connectivity index (χ4v) is 5.18. The van der Waals surface area contributed by atoms with Crippen molar-refractivity contribution in [2.24, 2.45) is 17.8 Å². The molecule has 3 rings (SSSR count). The third-order valence-corrected chi connectivity index (χ3v) is 7.23. The molecule has 1 aliphatic heterocycles. The van der Waals surface area contributed by atoms with Crippen LogP contribution in [0.2, 0.25) is 0 Å². The Morgan fingerprint density at radius 2 is 1.88 bits per heavy atom. The highest BCUT2D eigenvalue weighted by atomic mass is 32.2. The summed E-state index contributed by atoms with van der Waals surface area (Å²) in [5.74, 6) is -5.43. The van der Waals surface area contributed by atoms with Gasteiger partial charge in [0.2, 0.25) is 0 Å². The molecule has 0 aromatic rings. The molecule has 8 nitrogen and oxygen atoms in total. The van der Waals surface area contributed by atoms with E-state index >= 15 is 0 Å². The largest absolute Gasteiger partial charge is 0.458 e. The van der Waals surface area contributed by atoms with Crippen molar-refractivity contribution in [3.8, 4) is 0 Å². The monoisotopic (exact) mass is 488 g/mol. The normalized spacial score (nSPS) is 29.7. The molecule has 5 unspecified atom stereocenters. The summed E-state index contributed by atoms with van der Waals surface area (Å²) < 4.78 is 98.0. The van der Waals surface area contributed by atoms with Gasteiger partial charge in [-0.15, -0.1) is 0 Å². The summed E-state index contributed by atoms with van der Waals surface area (Å²) in [7, 11) is -6.26. The van der Waals surface area contributed by atoms with Crippen molar-refractivity contribution in [2.75, 3.05) is 13.2 Å². The third kappa shape index (κ3) is 4.79. The second kappa shape index (κ2) is 8.90. The minimum atomic E-state index is -6.26. The maximum atomic E-state index is 13.4. The number of hydrogen-bond acceptors (Lipinski definition) is 7. The minimum Gasteiger partial charge on any atom is -0.458 e. The van der Waals surface area contributed by atoms with Crippen molar-refractivity contribution in [1.29, 1.82) is 0 Å². The lowest BCUT2D eigenvalue weighted by atomic mass is 9.81. The van der Waals surface area contributed by atoms with Gasteiger partial charge in [0.25, 0.3) is 0 Å². The number of unbranched alkanes of at least 4 members (excludes halogenated alkanes) is 1. The van der Waals surface area contributed by atoms with Crippen molar-refractivity contribution in [3.05, 3.63) is 12.2 Å². The molecule has 2 bridgehead atoms. The first-order valence-corrected chi connectivity index (χ1v) is 11.6. The summed E-state index contributed by atoms with van der Waals surface area (Å²) >= 11 is 0. The average Bonchev–Trinajstić information content (AvgIpc) is 3.23. The Hall–Kier alpha value is -1.73. The van der Waals surface area contributed by atoms with E-state index in [1.54, 1.807) is 0 Å². The van der Waals surface area contributed by atoms with Gasteiger partial charge in [0, 0.05) is 31.3 Å². The van der Waals surface area contributed by atoms with Crippen molar-refractivity contribution in [3.63, 3.8) is 0 Å². The number of carbonyl (C=O) groups excluding carboxylic acids is 2. The first-order chi connectivity index (χ1) is 14.7. The van der Waals surface area contributed by atoms with E-state index in [2.05, 4.69) is 6.58 Å². The van der Waals surface area contributed by atoms with E-state index in [-0.39, 0.29) is 48.9 Å². The van der Waals surface area contributed by atoms with E-state index in [1.165, 1.54) is 0 Å². The van der Waals surface area contributed by atoms with Crippen molar-refractivity contribution < 1.29 is 54.3 Å². The van der Waals surface area contributed by atoms with Gasteiger partial charge in [-0.1, -0.05) is 6.58 Å². The standard InChI is InChI=1S/C19H24F4O8S/c1-10(9-29-5-3-2-4-18(20,21)19(22,23)32(26,27)28)17(25)31-15-12-6-11-8-14(24)30-16(15)13(11)7-12/h11-13,15-16H,1-9H2,(H,26,27,28). The Labute approximate surface area is 182 Å². The lowest BCUT2D eigenvalue weighted by molar-refractivity contribution is -0.183. The summed E-state index contributed by atoms with van der Waals surface area (Å²) in [5.41, 5.74) is -0.0466. The number of fused-ring (bicyclic) bond motifs is 1. The maximum Gasteiger partial charge on any atom is 0.431 e. The predicted octanol–water partition coefficient (Wildman–Crippen LogP) is 2.73. The van der Waals surface area contributed by atoms with Crippen molar-refractivity contribution in [2.45, 2.75) is 61.9 Å². The molecule has 1 heterocycles. The van der Waals surface area contributed by atoms with Crippen molar-refractivity contribution >= 4 is 22.1 Å². The number of esters is 2. The van der Waals surface area contributed by atoms with E-state index in [1.807, 2.05) is 0 Å². The fraction of sp³-hybridized carbons (Fsp3) is 0.789. The number of carbonyl (C=O) groups is 2. The van der Waals surface area contributed by atoms with Gasteiger partial charge in [-0.3, -0.25) is 9.35 Å². The van der Waals surface area contributed by atoms with Crippen LogP contribution in [0.25, 0.3) is 0 Å². The van der Waals surface area contributed by atoms with Gasteiger partial charge < -0.3 is 14.2 Å². The molecule has 13 heteroatoms. The van der Waals surface area contributed by atoms with Gasteiger partial charge in [-0.05, 0) is 31.6 Å². The number of rotatable bonds is 11. The summed E-state index contributed by atoms with van der Waals surface area (Å²) in [6.45, 7) is 3.08. The van der Waals surface area contributed by atoms with Crippen LogP contribution in [-0.4, -0.2) is 61.5 Å². The Morgan fingerprint density at radius 1 is 1.19 bits per heavy atom. The lowest BCUT2D eigenvalue weighted by Crippen LogP contribution is -2.47. The summed E-state index contributed by atoms with van der Waals surface area (Å²) in [6, 6.07) is 0. The quantitative estimate of drug-likeness (QED) is 0.155. The van der Waals surface area contributed by atoms with Crippen LogP contribution in [0.4, 0.5) is 17.6 Å². The van der Waals surface area contributed by atoms with Gasteiger partial charge in [-0.2, -0.15) is 26.0 Å². The molecule has 0 aromatic carbocycles. The van der Waals surface area contributed by atoms with Gasteiger partial charge in [0.15, 0.2) is 0 Å². The number of alkyl halides is 4. The topological polar surface area (TPSA) is 116 Å². The molecule has 0 radical (unpaired) electrons. The third-order valence-electron chi connectivity index (χ3n) is 6.28. The molecule has 182 valence electrons. The average molecular weight is 488 g/mol. The molecular formula is C19H24F4O8S. The van der Waals surface area contributed by atoms with E-state index in [9.17, 15) is 35.6 Å². The molecule has 32 heavy (non-hydrogen) atoms. The molecule has 5 atom stereocenters. The van der Waals surface area contributed by atoms with Crippen molar-refractivity contribution in [1.82, 2.24) is 0 Å². The molecule has 2 saturated carbocycles. The van der Waals surface area contributed by atoms with Crippen LogP contribution < -0.4 is 0 Å². The van der Waals surface area contributed by atoms with Crippen LogP contribution in [0.15, 0.2) is 12.2 Å². The molecule has 0 aromatic heterocycles. The second-order valence-electron chi connectivity index (χ2n) is 8.49. The van der Waals surface area contributed by atoms with Crippen LogP contribution in [-0.2, 0) is 33.9 Å². The van der Waals surface area contributed by atoms with E-state index < -0.39 is 52.3 Å². The second-order valence-corrected chi connectivity index (χ2v) is 9.96. The Balaban J connectivity index is 1.36. The highest BCUT2D eigenvalue weighted by Gasteiger charge is 2.65. The zero-order valence-electron chi connectivity index (χ0n) is 17.0. The first-order valence-electron chi connectivity index (χ1n) is 10.1. The molecule has 0 amide bonds. The number of halogens is 4. The molecule has 3 aliphatic rings. The zero-order valence-corrected chi connectivity index (χ0v) is 17.8. The Morgan fingerprint density at radius 3 is 2.53 bits per heavy atom. The fourth-order valence-electron chi connectivity index (χ4n) is 4.70. The van der Waals surface area contributed by atoms with Crippen LogP contribution in [0.5, 0.6) is 0 Å². The molecule has 2 aliphatic carbocycles. The molecule has 3 fully saturated rings. The predicted molar refractivity (Wildman–Crippen MR) is 99.3 cm³/mol. The molecule has 1 N–H and O–H groups in total. The summed E-state index contributed by atoms with van der Waals surface area (Å²) in [4.78, 5) is 23.9. The highest BCUT2D eigenvalue weighted by Crippen LogP contribution is 2.54. The van der Waals surface area contributed by atoms with Crippen LogP contribution in [0, 0.1) is 17.8 Å². The van der Waals surface area contributed by atoms with E-state index in [4.69, 9.17) is 18.8 Å². The van der Waals surface area contributed by atoms with Gasteiger partial charge in [0.1, 0.15) is 12.2 Å².